The zero-order chi connectivity index (χ0) is 13.0. The molecular formula is C15H17NO2. The van der Waals surface area contributed by atoms with E-state index in [1.807, 2.05) is 30.3 Å². The maximum absolute atomic E-state index is 12.1. The van der Waals surface area contributed by atoms with Crippen molar-refractivity contribution in [2.45, 2.75) is 19.8 Å². The van der Waals surface area contributed by atoms with Crippen LogP contribution in [0.15, 0.2) is 43.0 Å². The summed E-state index contributed by atoms with van der Waals surface area (Å²) in [6.07, 6.45) is 3.09. The minimum absolute atomic E-state index is 0.233. The molecule has 0 N–H and O–H groups in total. The zero-order valence-corrected chi connectivity index (χ0v) is 10.6. The van der Waals surface area contributed by atoms with E-state index >= 15 is 0 Å². The molecule has 3 heteroatoms. The topological polar surface area (TPSA) is 31.2 Å². The average molecular weight is 243 g/mol. The summed E-state index contributed by atoms with van der Waals surface area (Å²) in [7, 11) is 0. The van der Waals surface area contributed by atoms with Crippen LogP contribution in [0.1, 0.15) is 19.0 Å². The number of hydrogen-bond donors (Lipinski definition) is 0. The standard InChI is InChI=1S/C15H17NO2/c1-3-7-13-11-12-8-5-6-9-14(12)16(13)15(17)18-10-4-2/h4-6,8-9,11H,2-3,7,10H2,1H3. The number of rotatable bonds is 4. The SMILES string of the molecule is C=CCOC(=O)n1c(CCC)cc2ccccc21. The van der Waals surface area contributed by atoms with E-state index in [0.717, 1.165) is 29.4 Å². The van der Waals surface area contributed by atoms with E-state index in [9.17, 15) is 4.79 Å². The first-order valence-electron chi connectivity index (χ1n) is 6.15. The summed E-state index contributed by atoms with van der Waals surface area (Å²) in [6, 6.07) is 9.89. The molecule has 0 spiro atoms. The van der Waals surface area contributed by atoms with Crippen LogP contribution in [-0.2, 0) is 11.2 Å². The minimum atomic E-state index is -0.334. The molecule has 18 heavy (non-hydrogen) atoms. The molecule has 2 rings (SSSR count). The van der Waals surface area contributed by atoms with Gasteiger partial charge in [0.15, 0.2) is 0 Å². The van der Waals surface area contributed by atoms with Gasteiger partial charge in [0.2, 0.25) is 0 Å². The van der Waals surface area contributed by atoms with Crippen LogP contribution in [0.3, 0.4) is 0 Å². The number of ether oxygens (including phenoxy) is 1. The first kappa shape index (κ1) is 12.4. The third-order valence-electron chi connectivity index (χ3n) is 2.80. The molecule has 0 radical (unpaired) electrons. The van der Waals surface area contributed by atoms with Crippen molar-refractivity contribution in [1.82, 2.24) is 4.57 Å². The third kappa shape index (κ3) is 2.30. The van der Waals surface area contributed by atoms with Crippen LogP contribution in [0.4, 0.5) is 4.79 Å². The lowest BCUT2D eigenvalue weighted by Gasteiger charge is -2.08. The number of carbonyl (C=O) groups excluding carboxylic acids is 1. The second-order valence-electron chi connectivity index (χ2n) is 4.15. The van der Waals surface area contributed by atoms with Crippen LogP contribution in [0.2, 0.25) is 0 Å². The van der Waals surface area contributed by atoms with Crippen molar-refractivity contribution in [3.05, 3.63) is 48.7 Å². The Labute approximate surface area is 107 Å². The molecule has 1 aromatic heterocycles. The lowest BCUT2D eigenvalue weighted by atomic mass is 10.2. The average Bonchev–Trinajstić information content (AvgIpc) is 2.74. The van der Waals surface area contributed by atoms with Gasteiger partial charge in [-0.3, -0.25) is 0 Å². The quantitative estimate of drug-likeness (QED) is 0.765. The van der Waals surface area contributed by atoms with Gasteiger partial charge in [0.05, 0.1) is 5.52 Å². The van der Waals surface area contributed by atoms with Crippen molar-refractivity contribution in [3.8, 4) is 0 Å². The molecule has 0 saturated carbocycles. The molecule has 0 aliphatic rings. The van der Waals surface area contributed by atoms with Crippen LogP contribution in [0.25, 0.3) is 10.9 Å². The van der Waals surface area contributed by atoms with E-state index in [1.54, 1.807) is 10.6 Å². The van der Waals surface area contributed by atoms with E-state index in [-0.39, 0.29) is 12.7 Å². The van der Waals surface area contributed by atoms with Gasteiger partial charge in [-0.25, -0.2) is 9.36 Å². The summed E-state index contributed by atoms with van der Waals surface area (Å²) in [5.41, 5.74) is 1.89. The van der Waals surface area contributed by atoms with Crippen molar-refractivity contribution in [2.24, 2.45) is 0 Å². The number of fused-ring (bicyclic) bond motifs is 1. The Bertz CT molecular complexity index is 569. The summed E-state index contributed by atoms with van der Waals surface area (Å²) in [6.45, 7) is 5.88. The Kier molecular flexibility index (Phi) is 3.82. The van der Waals surface area contributed by atoms with Crippen LogP contribution in [0, 0.1) is 0 Å². The molecule has 1 aromatic carbocycles. The van der Waals surface area contributed by atoms with Crippen molar-refractivity contribution < 1.29 is 9.53 Å². The fourth-order valence-corrected chi connectivity index (χ4v) is 2.06. The van der Waals surface area contributed by atoms with Gasteiger partial charge in [-0.15, -0.1) is 0 Å². The fraction of sp³-hybridized carbons (Fsp3) is 0.267. The van der Waals surface area contributed by atoms with Crippen molar-refractivity contribution in [1.29, 1.82) is 0 Å². The Balaban J connectivity index is 2.47. The van der Waals surface area contributed by atoms with Gasteiger partial charge in [0, 0.05) is 11.1 Å². The second kappa shape index (κ2) is 5.54. The van der Waals surface area contributed by atoms with Crippen LogP contribution >= 0.6 is 0 Å². The normalized spacial score (nSPS) is 10.5. The highest BCUT2D eigenvalue weighted by molar-refractivity contribution is 5.90. The van der Waals surface area contributed by atoms with E-state index in [1.165, 1.54) is 0 Å². The van der Waals surface area contributed by atoms with E-state index in [0.29, 0.717) is 0 Å². The molecular weight excluding hydrogens is 226 g/mol. The molecule has 0 aliphatic heterocycles. The number of aromatic nitrogens is 1. The highest BCUT2D eigenvalue weighted by atomic mass is 16.5. The molecule has 0 fully saturated rings. The maximum Gasteiger partial charge on any atom is 0.419 e. The maximum atomic E-state index is 12.1. The number of hydrogen-bond acceptors (Lipinski definition) is 2. The molecule has 3 nitrogen and oxygen atoms in total. The summed E-state index contributed by atoms with van der Waals surface area (Å²) in [4.78, 5) is 12.1. The number of aryl methyl sites for hydroxylation is 1. The molecule has 0 saturated heterocycles. The van der Waals surface area contributed by atoms with Gasteiger partial charge in [-0.2, -0.15) is 0 Å². The summed E-state index contributed by atoms with van der Waals surface area (Å²) in [5, 5.41) is 1.07. The largest absolute Gasteiger partial charge is 0.445 e. The first-order valence-corrected chi connectivity index (χ1v) is 6.15. The highest BCUT2D eigenvalue weighted by Crippen LogP contribution is 2.21. The highest BCUT2D eigenvalue weighted by Gasteiger charge is 2.14. The second-order valence-corrected chi connectivity index (χ2v) is 4.15. The minimum Gasteiger partial charge on any atom is -0.445 e. The van der Waals surface area contributed by atoms with Gasteiger partial charge in [-0.1, -0.05) is 44.2 Å². The predicted molar refractivity (Wildman–Crippen MR) is 72.9 cm³/mol. The third-order valence-corrected chi connectivity index (χ3v) is 2.80. The number of benzene rings is 1. The Hall–Kier alpha value is -2.03. The molecule has 94 valence electrons. The number of carbonyl (C=O) groups is 1. The van der Waals surface area contributed by atoms with Gasteiger partial charge in [0.25, 0.3) is 0 Å². The number of nitrogens with zero attached hydrogens (tertiary/aromatic N) is 1. The molecule has 1 heterocycles. The molecule has 0 atom stereocenters. The summed E-state index contributed by atoms with van der Waals surface area (Å²) < 4.78 is 6.79. The fourth-order valence-electron chi connectivity index (χ4n) is 2.06. The van der Waals surface area contributed by atoms with Crippen molar-refractivity contribution >= 4 is 17.0 Å². The van der Waals surface area contributed by atoms with Crippen molar-refractivity contribution in [2.75, 3.05) is 6.61 Å². The Morgan fingerprint density at radius 3 is 2.94 bits per heavy atom. The Morgan fingerprint density at radius 1 is 1.44 bits per heavy atom. The monoisotopic (exact) mass is 243 g/mol. The molecule has 0 unspecified atom stereocenters. The van der Waals surface area contributed by atoms with Crippen molar-refractivity contribution in [3.63, 3.8) is 0 Å². The van der Waals surface area contributed by atoms with E-state index in [4.69, 9.17) is 4.74 Å². The summed E-state index contributed by atoms with van der Waals surface area (Å²) >= 11 is 0. The molecule has 2 aromatic rings. The van der Waals surface area contributed by atoms with Gasteiger partial charge >= 0.3 is 6.09 Å². The Morgan fingerprint density at radius 2 is 2.22 bits per heavy atom. The van der Waals surface area contributed by atoms with E-state index in [2.05, 4.69) is 13.5 Å². The van der Waals surface area contributed by atoms with Gasteiger partial charge in [0.1, 0.15) is 6.61 Å². The smallest absolute Gasteiger partial charge is 0.419 e. The summed E-state index contributed by atoms with van der Waals surface area (Å²) in [5.74, 6) is 0. The van der Waals surface area contributed by atoms with Gasteiger partial charge < -0.3 is 4.74 Å². The molecule has 0 aliphatic carbocycles. The number of para-hydroxylation sites is 1. The first-order chi connectivity index (χ1) is 8.77. The zero-order valence-electron chi connectivity index (χ0n) is 10.6. The van der Waals surface area contributed by atoms with E-state index < -0.39 is 0 Å². The van der Waals surface area contributed by atoms with Crippen LogP contribution in [0.5, 0.6) is 0 Å². The lowest BCUT2D eigenvalue weighted by Crippen LogP contribution is -2.16. The molecule has 0 bridgehead atoms. The predicted octanol–water partition coefficient (Wildman–Crippen LogP) is 3.76. The van der Waals surface area contributed by atoms with Crippen LogP contribution < -0.4 is 0 Å². The van der Waals surface area contributed by atoms with Crippen LogP contribution in [-0.4, -0.2) is 17.3 Å². The van der Waals surface area contributed by atoms with Gasteiger partial charge in [-0.05, 0) is 18.6 Å². The lowest BCUT2D eigenvalue weighted by molar-refractivity contribution is 0.160. The molecule has 0 amide bonds.